The third-order valence-corrected chi connectivity index (χ3v) is 5.13. The number of aryl methyl sites for hydroxylation is 1. The summed E-state index contributed by atoms with van der Waals surface area (Å²) in [6, 6.07) is 2.22. The Labute approximate surface area is 146 Å². The van der Waals surface area contributed by atoms with E-state index in [0.717, 1.165) is 48.9 Å². The second kappa shape index (κ2) is 5.68. The molecule has 2 fully saturated rings. The molecule has 5 rings (SSSR count). The zero-order chi connectivity index (χ0) is 16.8. The van der Waals surface area contributed by atoms with Crippen LogP contribution in [0.1, 0.15) is 30.0 Å². The van der Waals surface area contributed by atoms with Crippen LogP contribution in [0, 0.1) is 6.92 Å². The summed E-state index contributed by atoms with van der Waals surface area (Å²) in [6.07, 6.45) is 9.84. The van der Waals surface area contributed by atoms with Crippen LogP contribution in [-0.2, 0) is 0 Å². The number of fused-ring (bicyclic) bond motifs is 1. The molecule has 3 aromatic rings. The fourth-order valence-electron chi connectivity index (χ4n) is 3.60. The fraction of sp³-hybridized carbons (Fsp3) is 0.444. The van der Waals surface area contributed by atoms with Crippen molar-refractivity contribution in [1.29, 1.82) is 0 Å². The first kappa shape index (κ1) is 14.6. The molecule has 25 heavy (non-hydrogen) atoms. The Morgan fingerprint density at radius 2 is 1.76 bits per heavy atom. The van der Waals surface area contributed by atoms with Crippen molar-refractivity contribution in [2.75, 3.05) is 36.0 Å². The van der Waals surface area contributed by atoms with Gasteiger partial charge in [-0.2, -0.15) is 5.10 Å². The van der Waals surface area contributed by atoms with Crippen molar-refractivity contribution >= 4 is 17.2 Å². The van der Waals surface area contributed by atoms with Gasteiger partial charge in [0, 0.05) is 56.3 Å². The molecule has 1 saturated heterocycles. The number of aromatic nitrogens is 5. The molecular formula is C18H21N7. The summed E-state index contributed by atoms with van der Waals surface area (Å²) in [5, 5.41) is 4.73. The second-order valence-corrected chi connectivity index (χ2v) is 6.93. The zero-order valence-electron chi connectivity index (χ0n) is 14.3. The van der Waals surface area contributed by atoms with Crippen molar-refractivity contribution in [3.63, 3.8) is 0 Å². The van der Waals surface area contributed by atoms with E-state index in [2.05, 4.69) is 37.7 Å². The largest absolute Gasteiger partial charge is 0.353 e. The van der Waals surface area contributed by atoms with Gasteiger partial charge in [0.2, 0.25) is 0 Å². The Hall–Kier alpha value is -2.70. The number of piperazine rings is 1. The van der Waals surface area contributed by atoms with E-state index in [0.29, 0.717) is 5.92 Å². The summed E-state index contributed by atoms with van der Waals surface area (Å²) < 4.78 is 1.98. The van der Waals surface area contributed by atoms with Crippen molar-refractivity contribution in [3.8, 4) is 0 Å². The maximum atomic E-state index is 4.73. The molecule has 128 valence electrons. The molecule has 0 spiro atoms. The Bertz CT molecular complexity index is 907. The van der Waals surface area contributed by atoms with E-state index >= 15 is 0 Å². The average molecular weight is 335 g/mol. The topological polar surface area (TPSA) is 62.5 Å². The predicted molar refractivity (Wildman–Crippen MR) is 96.2 cm³/mol. The Morgan fingerprint density at radius 1 is 1.00 bits per heavy atom. The lowest BCUT2D eigenvalue weighted by molar-refractivity contribution is 0.639. The van der Waals surface area contributed by atoms with Gasteiger partial charge >= 0.3 is 0 Å². The van der Waals surface area contributed by atoms with Crippen LogP contribution < -0.4 is 9.80 Å². The van der Waals surface area contributed by atoms with E-state index in [1.165, 1.54) is 18.5 Å². The maximum Gasteiger partial charge on any atom is 0.154 e. The van der Waals surface area contributed by atoms with Crippen molar-refractivity contribution in [2.45, 2.75) is 25.7 Å². The van der Waals surface area contributed by atoms with Gasteiger partial charge in [-0.3, -0.25) is 0 Å². The SMILES string of the molecule is Cc1cncnc1N1CCN(c2nccn3nc(C4CC4)cc23)CC1. The molecule has 1 saturated carbocycles. The summed E-state index contributed by atoms with van der Waals surface area (Å²) >= 11 is 0. The summed E-state index contributed by atoms with van der Waals surface area (Å²) in [7, 11) is 0. The minimum atomic E-state index is 0.658. The lowest BCUT2D eigenvalue weighted by Gasteiger charge is -2.36. The van der Waals surface area contributed by atoms with Gasteiger partial charge in [0.05, 0.1) is 5.69 Å². The van der Waals surface area contributed by atoms with E-state index in [1.807, 2.05) is 23.1 Å². The molecule has 7 nitrogen and oxygen atoms in total. The van der Waals surface area contributed by atoms with Gasteiger partial charge in [0.1, 0.15) is 17.7 Å². The highest BCUT2D eigenvalue weighted by atomic mass is 15.3. The highest BCUT2D eigenvalue weighted by Crippen LogP contribution is 2.40. The molecule has 0 unspecified atom stereocenters. The second-order valence-electron chi connectivity index (χ2n) is 6.93. The van der Waals surface area contributed by atoms with Gasteiger partial charge in [-0.05, 0) is 25.8 Å². The van der Waals surface area contributed by atoms with Gasteiger partial charge in [0.25, 0.3) is 0 Å². The molecule has 0 atom stereocenters. The molecule has 0 N–H and O–H groups in total. The fourth-order valence-corrected chi connectivity index (χ4v) is 3.60. The van der Waals surface area contributed by atoms with Crippen LogP contribution in [-0.4, -0.2) is 50.7 Å². The first-order valence-electron chi connectivity index (χ1n) is 8.90. The van der Waals surface area contributed by atoms with Crippen molar-refractivity contribution < 1.29 is 0 Å². The quantitative estimate of drug-likeness (QED) is 0.730. The normalized spacial score (nSPS) is 18.1. The van der Waals surface area contributed by atoms with Gasteiger partial charge < -0.3 is 9.80 Å². The third-order valence-electron chi connectivity index (χ3n) is 5.13. The number of hydrogen-bond donors (Lipinski definition) is 0. The Morgan fingerprint density at radius 3 is 2.48 bits per heavy atom. The summed E-state index contributed by atoms with van der Waals surface area (Å²) in [5.41, 5.74) is 3.46. The smallest absolute Gasteiger partial charge is 0.154 e. The zero-order valence-corrected chi connectivity index (χ0v) is 14.3. The van der Waals surface area contributed by atoms with Crippen molar-refractivity contribution in [3.05, 3.63) is 42.2 Å². The molecule has 4 heterocycles. The first-order chi connectivity index (χ1) is 12.3. The number of rotatable bonds is 3. The predicted octanol–water partition coefficient (Wildman–Crippen LogP) is 2.03. The monoisotopic (exact) mass is 335 g/mol. The van der Waals surface area contributed by atoms with Crippen LogP contribution in [0.5, 0.6) is 0 Å². The molecular weight excluding hydrogens is 314 g/mol. The van der Waals surface area contributed by atoms with Crippen LogP contribution in [0.4, 0.5) is 11.6 Å². The van der Waals surface area contributed by atoms with Crippen LogP contribution >= 0.6 is 0 Å². The van der Waals surface area contributed by atoms with E-state index < -0.39 is 0 Å². The molecule has 3 aromatic heterocycles. The van der Waals surface area contributed by atoms with E-state index in [1.54, 1.807) is 6.33 Å². The minimum Gasteiger partial charge on any atom is -0.353 e. The summed E-state index contributed by atoms with van der Waals surface area (Å²) in [5.74, 6) is 2.74. The van der Waals surface area contributed by atoms with Gasteiger partial charge in [-0.15, -0.1) is 0 Å². The van der Waals surface area contributed by atoms with Gasteiger partial charge in [-0.1, -0.05) is 0 Å². The molecule has 7 heteroatoms. The van der Waals surface area contributed by atoms with Crippen molar-refractivity contribution in [1.82, 2.24) is 24.6 Å². The van der Waals surface area contributed by atoms with Crippen LogP contribution in [0.3, 0.4) is 0 Å². The molecule has 0 aromatic carbocycles. The van der Waals surface area contributed by atoms with Crippen LogP contribution in [0.2, 0.25) is 0 Å². The lowest BCUT2D eigenvalue weighted by Crippen LogP contribution is -2.47. The van der Waals surface area contributed by atoms with Gasteiger partial charge in [-0.25, -0.2) is 19.5 Å². The lowest BCUT2D eigenvalue weighted by atomic mass is 10.2. The molecule has 0 radical (unpaired) electrons. The molecule has 0 bridgehead atoms. The molecule has 1 aliphatic heterocycles. The third kappa shape index (κ3) is 2.59. The molecule has 0 amide bonds. The first-order valence-corrected chi connectivity index (χ1v) is 8.90. The molecule has 2 aliphatic rings. The van der Waals surface area contributed by atoms with Crippen LogP contribution in [0.15, 0.2) is 31.0 Å². The van der Waals surface area contributed by atoms with Gasteiger partial charge in [0.15, 0.2) is 5.82 Å². The maximum absolute atomic E-state index is 4.73. The highest BCUT2D eigenvalue weighted by molar-refractivity contribution is 5.70. The summed E-state index contributed by atoms with van der Waals surface area (Å²) in [6.45, 7) is 5.80. The van der Waals surface area contributed by atoms with E-state index in [9.17, 15) is 0 Å². The van der Waals surface area contributed by atoms with Crippen LogP contribution in [0.25, 0.3) is 5.52 Å². The summed E-state index contributed by atoms with van der Waals surface area (Å²) in [4.78, 5) is 17.9. The number of nitrogens with zero attached hydrogens (tertiary/aromatic N) is 7. The Balaban J connectivity index is 1.39. The number of anilines is 2. The van der Waals surface area contributed by atoms with Crippen molar-refractivity contribution in [2.24, 2.45) is 0 Å². The minimum absolute atomic E-state index is 0.658. The number of hydrogen-bond acceptors (Lipinski definition) is 6. The average Bonchev–Trinajstić information content (AvgIpc) is 3.41. The van der Waals surface area contributed by atoms with E-state index in [4.69, 9.17) is 5.10 Å². The highest BCUT2D eigenvalue weighted by Gasteiger charge is 2.28. The Kier molecular flexibility index (Phi) is 3.33. The van der Waals surface area contributed by atoms with E-state index in [-0.39, 0.29) is 0 Å². The molecule has 1 aliphatic carbocycles. The standard InChI is InChI=1S/C18H21N7/c1-13-11-19-12-21-17(13)23-6-8-24(9-7-23)18-16-10-15(14-2-3-14)22-25(16)5-4-20-18/h4-5,10-12,14H,2-3,6-9H2,1H3.